The lowest BCUT2D eigenvalue weighted by Crippen LogP contribution is -2.29. The molecule has 3 aliphatic rings. The lowest BCUT2D eigenvalue weighted by atomic mass is 9.81. The average Bonchev–Trinajstić information content (AvgIpc) is 3.22. The fraction of sp³-hybridized carbons (Fsp3) is 0.647. The highest BCUT2D eigenvalue weighted by atomic mass is 32.1. The SMILES string of the molecule is CCc1csc(CC)c1C1C(=O)C2[C@@H](C1=O)[C@@H]1CC[C@H]2O1.[HH]. The van der Waals surface area contributed by atoms with Gasteiger partial charge in [-0.05, 0) is 42.2 Å². The smallest absolute Gasteiger partial charge is 0.154 e. The minimum absolute atomic E-state index is 0. The second-order valence-corrected chi connectivity index (χ2v) is 7.35. The molecule has 3 nitrogen and oxygen atoms in total. The van der Waals surface area contributed by atoms with E-state index in [9.17, 15) is 9.59 Å². The summed E-state index contributed by atoms with van der Waals surface area (Å²) in [7, 11) is 0. The Kier molecular flexibility index (Phi) is 3.09. The standard InChI is InChI=1S/C17H20O3S.H2/c1-3-8-7-21-11(4-2)12(8)15-16(18)13-9-5-6-10(20-9)14(13)17(15)19;/h7,9-10,13-15H,3-6H2,1-2H3;1H/t9-,10+,13-,14?,15?;/m0./s1. The normalized spacial score (nSPS) is 37.5. The summed E-state index contributed by atoms with van der Waals surface area (Å²) in [5, 5.41) is 2.13. The highest BCUT2D eigenvalue weighted by molar-refractivity contribution is 7.10. The van der Waals surface area contributed by atoms with Crippen molar-refractivity contribution in [3.63, 3.8) is 0 Å². The van der Waals surface area contributed by atoms with Crippen LogP contribution in [-0.4, -0.2) is 23.8 Å². The van der Waals surface area contributed by atoms with Crippen molar-refractivity contribution in [2.24, 2.45) is 11.8 Å². The summed E-state index contributed by atoms with van der Waals surface area (Å²) in [5.41, 5.74) is 2.24. The number of aryl methyl sites for hydroxylation is 2. The third-order valence-corrected chi connectivity index (χ3v) is 6.68. The lowest BCUT2D eigenvalue weighted by molar-refractivity contribution is -0.127. The van der Waals surface area contributed by atoms with Crippen LogP contribution in [-0.2, 0) is 27.2 Å². The molecule has 2 bridgehead atoms. The molecule has 1 aliphatic carbocycles. The molecule has 0 spiro atoms. The van der Waals surface area contributed by atoms with Crippen LogP contribution < -0.4 is 0 Å². The minimum atomic E-state index is -0.497. The third kappa shape index (κ3) is 1.69. The Morgan fingerprint density at radius 2 is 1.76 bits per heavy atom. The Morgan fingerprint density at radius 1 is 1.14 bits per heavy atom. The van der Waals surface area contributed by atoms with E-state index < -0.39 is 5.92 Å². The van der Waals surface area contributed by atoms with Gasteiger partial charge in [-0.2, -0.15) is 0 Å². The number of rotatable bonds is 3. The molecule has 0 aromatic carbocycles. The number of Topliss-reactive ketones (excluding diaryl/α,β-unsaturated/α-hetero) is 2. The summed E-state index contributed by atoms with van der Waals surface area (Å²) in [4.78, 5) is 27.1. The molecule has 0 radical (unpaired) electrons. The van der Waals surface area contributed by atoms with Crippen LogP contribution in [0.5, 0.6) is 0 Å². The summed E-state index contributed by atoms with van der Waals surface area (Å²) < 4.78 is 5.82. The molecule has 114 valence electrons. The van der Waals surface area contributed by atoms with E-state index in [1.807, 2.05) is 0 Å². The summed E-state index contributed by atoms with van der Waals surface area (Å²) in [5.74, 6) is -0.533. The van der Waals surface area contributed by atoms with Crippen LogP contribution in [0.4, 0.5) is 0 Å². The summed E-state index contributed by atoms with van der Waals surface area (Å²) in [6, 6.07) is 0. The predicted molar refractivity (Wildman–Crippen MR) is 82.8 cm³/mol. The van der Waals surface area contributed by atoms with E-state index in [-0.39, 0.29) is 37.0 Å². The van der Waals surface area contributed by atoms with Crippen LogP contribution >= 0.6 is 11.3 Å². The Bertz CT molecular complexity index is 574. The lowest BCUT2D eigenvalue weighted by Gasteiger charge is -2.16. The Balaban J connectivity index is 0.00000144. The maximum Gasteiger partial charge on any atom is 0.154 e. The number of thiophene rings is 1. The van der Waals surface area contributed by atoms with Crippen LogP contribution in [0.25, 0.3) is 0 Å². The van der Waals surface area contributed by atoms with Crippen molar-refractivity contribution in [3.05, 3.63) is 21.4 Å². The van der Waals surface area contributed by atoms with Gasteiger partial charge >= 0.3 is 0 Å². The third-order valence-electron chi connectivity index (χ3n) is 5.48. The molecule has 3 heterocycles. The van der Waals surface area contributed by atoms with E-state index in [1.54, 1.807) is 11.3 Å². The first-order valence-corrected chi connectivity index (χ1v) is 8.87. The number of hydrogen-bond donors (Lipinski definition) is 0. The molecule has 0 amide bonds. The predicted octanol–water partition coefficient (Wildman–Crippen LogP) is 3.15. The Morgan fingerprint density at radius 3 is 2.29 bits per heavy atom. The van der Waals surface area contributed by atoms with Crippen molar-refractivity contribution in [1.82, 2.24) is 0 Å². The van der Waals surface area contributed by atoms with E-state index >= 15 is 0 Å². The van der Waals surface area contributed by atoms with Gasteiger partial charge in [-0.15, -0.1) is 11.3 Å². The van der Waals surface area contributed by atoms with Gasteiger partial charge in [0.2, 0.25) is 0 Å². The molecule has 0 N–H and O–H groups in total. The molecule has 5 atom stereocenters. The van der Waals surface area contributed by atoms with Gasteiger partial charge in [0, 0.05) is 6.30 Å². The van der Waals surface area contributed by atoms with Crippen LogP contribution in [0.2, 0.25) is 0 Å². The summed E-state index contributed by atoms with van der Waals surface area (Å²) in [6.45, 7) is 4.20. The number of carbonyl (C=O) groups excluding carboxylic acids is 2. The molecule has 2 saturated heterocycles. The van der Waals surface area contributed by atoms with Gasteiger partial charge in [0.25, 0.3) is 0 Å². The van der Waals surface area contributed by atoms with Crippen molar-refractivity contribution < 1.29 is 15.8 Å². The summed E-state index contributed by atoms with van der Waals surface area (Å²) in [6.07, 6.45) is 3.70. The van der Waals surface area contributed by atoms with Crippen LogP contribution in [0, 0.1) is 11.8 Å². The molecule has 1 aromatic heterocycles. The van der Waals surface area contributed by atoms with Gasteiger partial charge in [0.1, 0.15) is 5.92 Å². The van der Waals surface area contributed by atoms with E-state index in [1.165, 1.54) is 10.4 Å². The molecule has 2 aliphatic heterocycles. The molecule has 21 heavy (non-hydrogen) atoms. The van der Waals surface area contributed by atoms with Gasteiger partial charge < -0.3 is 4.74 Å². The van der Waals surface area contributed by atoms with Crippen molar-refractivity contribution in [1.29, 1.82) is 0 Å². The number of hydrogen-bond acceptors (Lipinski definition) is 4. The average molecular weight is 306 g/mol. The molecule has 1 aromatic rings. The molecule has 2 unspecified atom stereocenters. The van der Waals surface area contributed by atoms with Crippen molar-refractivity contribution >= 4 is 22.9 Å². The maximum absolute atomic E-state index is 12.9. The van der Waals surface area contributed by atoms with E-state index in [2.05, 4.69) is 19.2 Å². The van der Waals surface area contributed by atoms with Gasteiger partial charge in [-0.3, -0.25) is 9.59 Å². The molecule has 3 fully saturated rings. The molecular formula is C17H22O3S. The second kappa shape index (κ2) is 4.75. The highest BCUT2D eigenvalue weighted by Gasteiger charge is 2.63. The minimum Gasteiger partial charge on any atom is -0.373 e. The first kappa shape index (κ1) is 13.6. The zero-order valence-corrected chi connectivity index (χ0v) is 13.2. The zero-order chi connectivity index (χ0) is 14.7. The van der Waals surface area contributed by atoms with E-state index in [0.29, 0.717) is 0 Å². The second-order valence-electron chi connectivity index (χ2n) is 6.38. The van der Waals surface area contributed by atoms with Gasteiger partial charge in [0.15, 0.2) is 11.6 Å². The van der Waals surface area contributed by atoms with Crippen molar-refractivity contribution in [2.75, 3.05) is 0 Å². The highest BCUT2D eigenvalue weighted by Crippen LogP contribution is 2.53. The van der Waals surface area contributed by atoms with Gasteiger partial charge in [-0.25, -0.2) is 0 Å². The number of ether oxygens (including phenoxy) is 1. The Labute approximate surface area is 130 Å². The largest absolute Gasteiger partial charge is 0.373 e. The van der Waals surface area contributed by atoms with E-state index in [0.717, 1.165) is 31.2 Å². The monoisotopic (exact) mass is 306 g/mol. The fourth-order valence-electron chi connectivity index (χ4n) is 4.55. The number of ketones is 2. The van der Waals surface area contributed by atoms with Crippen molar-refractivity contribution in [2.45, 2.75) is 57.7 Å². The topological polar surface area (TPSA) is 43.4 Å². The van der Waals surface area contributed by atoms with Gasteiger partial charge in [-0.1, -0.05) is 13.8 Å². The number of fused-ring (bicyclic) bond motifs is 5. The summed E-state index contributed by atoms with van der Waals surface area (Å²) >= 11 is 1.70. The molecular weight excluding hydrogens is 284 g/mol. The molecule has 4 heteroatoms. The molecule has 1 saturated carbocycles. The van der Waals surface area contributed by atoms with Crippen molar-refractivity contribution in [3.8, 4) is 0 Å². The Hall–Kier alpha value is -1.00. The first-order valence-electron chi connectivity index (χ1n) is 7.99. The van der Waals surface area contributed by atoms with Crippen LogP contribution in [0.15, 0.2) is 5.38 Å². The van der Waals surface area contributed by atoms with Gasteiger partial charge in [0.05, 0.1) is 24.0 Å². The fourth-order valence-corrected chi connectivity index (χ4v) is 5.67. The quantitative estimate of drug-likeness (QED) is 0.806. The van der Waals surface area contributed by atoms with Crippen LogP contribution in [0.1, 0.15) is 50.0 Å². The first-order chi connectivity index (χ1) is 10.2. The zero-order valence-electron chi connectivity index (χ0n) is 12.4. The number of carbonyl (C=O) groups is 2. The van der Waals surface area contributed by atoms with Crippen LogP contribution in [0.3, 0.4) is 0 Å². The molecule has 4 rings (SSSR count). The van der Waals surface area contributed by atoms with E-state index in [4.69, 9.17) is 4.74 Å². The maximum atomic E-state index is 12.9.